The Labute approximate surface area is 173 Å². The number of carboxylic acids is 1. The van der Waals surface area contributed by atoms with Gasteiger partial charge in [0, 0.05) is 12.3 Å². The molecule has 0 aliphatic carbocycles. The molecule has 29 heavy (non-hydrogen) atoms. The van der Waals surface area contributed by atoms with Gasteiger partial charge in [0.25, 0.3) is 0 Å². The number of nitrogens with one attached hydrogen (secondary N) is 3. The minimum absolute atomic E-state index is 0.0815. The maximum Gasteiger partial charge on any atom is 0.327 e. The Morgan fingerprint density at radius 2 is 1.76 bits per heavy atom. The molecule has 0 fully saturated rings. The van der Waals surface area contributed by atoms with Crippen LogP contribution in [0.2, 0.25) is 0 Å². The van der Waals surface area contributed by atoms with Gasteiger partial charge in [-0.1, -0.05) is 0 Å². The van der Waals surface area contributed by atoms with Gasteiger partial charge in [-0.15, -0.1) is 0 Å². The van der Waals surface area contributed by atoms with Crippen molar-refractivity contribution in [2.75, 3.05) is 18.8 Å². The zero-order chi connectivity index (χ0) is 22.6. The van der Waals surface area contributed by atoms with E-state index in [2.05, 4.69) is 33.6 Å². The number of thiol groups is 1. The van der Waals surface area contributed by atoms with Crippen molar-refractivity contribution in [3.05, 3.63) is 0 Å². The average molecular weight is 436 g/mol. The molecule has 4 unspecified atom stereocenters. The van der Waals surface area contributed by atoms with E-state index < -0.39 is 54.5 Å². The number of carbonyl (C=O) groups is 4. The van der Waals surface area contributed by atoms with Crippen LogP contribution in [0.25, 0.3) is 0 Å². The third-order valence-corrected chi connectivity index (χ3v) is 3.97. The number of aliphatic imine (C=N–C) groups is 1. The molecule has 0 radical (unpaired) electrons. The van der Waals surface area contributed by atoms with Gasteiger partial charge >= 0.3 is 5.97 Å². The van der Waals surface area contributed by atoms with Crippen LogP contribution in [0.1, 0.15) is 19.8 Å². The summed E-state index contributed by atoms with van der Waals surface area (Å²) in [5.41, 5.74) is 16.1. The first kappa shape index (κ1) is 26.4. The van der Waals surface area contributed by atoms with Crippen LogP contribution in [0, 0.1) is 0 Å². The summed E-state index contributed by atoms with van der Waals surface area (Å²) in [4.78, 5) is 50.6. The van der Waals surface area contributed by atoms with E-state index in [1.807, 2.05) is 0 Å². The lowest BCUT2D eigenvalue weighted by atomic mass is 10.1. The van der Waals surface area contributed by atoms with Crippen molar-refractivity contribution in [1.29, 1.82) is 0 Å². The topological polar surface area (TPSA) is 235 Å². The maximum atomic E-state index is 12.2. The molecule has 11 N–H and O–H groups in total. The zero-order valence-corrected chi connectivity index (χ0v) is 16.9. The number of carboxylic acid groups (broad SMARTS) is 1. The smallest absolute Gasteiger partial charge is 0.327 e. The summed E-state index contributed by atoms with van der Waals surface area (Å²) in [6.07, 6.45) is -0.617. The van der Waals surface area contributed by atoms with Gasteiger partial charge in [0.05, 0.1) is 18.7 Å². The summed E-state index contributed by atoms with van der Waals surface area (Å²) in [6, 6.07) is -3.54. The number of nitrogens with zero attached hydrogens (tertiary/aromatic N) is 1. The Bertz CT molecular complexity index is 612. The van der Waals surface area contributed by atoms with Crippen LogP contribution >= 0.6 is 12.6 Å². The molecule has 0 heterocycles. The van der Waals surface area contributed by atoms with Gasteiger partial charge in [-0.05, 0) is 19.8 Å². The van der Waals surface area contributed by atoms with Crippen LogP contribution in [-0.4, -0.2) is 82.9 Å². The lowest BCUT2D eigenvalue weighted by Crippen LogP contribution is -2.57. The molecule has 166 valence electrons. The van der Waals surface area contributed by atoms with Gasteiger partial charge in [0.15, 0.2) is 5.96 Å². The first-order valence-corrected chi connectivity index (χ1v) is 9.33. The summed E-state index contributed by atoms with van der Waals surface area (Å²) in [6.45, 7) is 0.999. The third kappa shape index (κ3) is 11.1. The molecule has 14 heteroatoms. The second-order valence-electron chi connectivity index (χ2n) is 6.14. The van der Waals surface area contributed by atoms with Crippen molar-refractivity contribution in [2.24, 2.45) is 22.2 Å². The highest BCUT2D eigenvalue weighted by Gasteiger charge is 2.28. The highest BCUT2D eigenvalue weighted by Crippen LogP contribution is 1.99. The summed E-state index contributed by atoms with van der Waals surface area (Å²) in [7, 11) is 0. The number of hydrogen-bond donors (Lipinski definition) is 9. The van der Waals surface area contributed by atoms with Crippen molar-refractivity contribution in [2.45, 2.75) is 44.0 Å². The SMILES string of the molecule is CC(O)C(NC(=O)C(N)CCCN=C(N)N)C(=O)NCC(=O)NC(CS)C(=O)O. The Kier molecular flexibility index (Phi) is 12.4. The molecule has 0 aromatic rings. The number of rotatable bonds is 13. The minimum atomic E-state index is -1.36. The second-order valence-corrected chi connectivity index (χ2v) is 6.51. The Hall–Kier alpha value is -2.58. The second kappa shape index (κ2) is 13.6. The van der Waals surface area contributed by atoms with Crippen molar-refractivity contribution in [3.63, 3.8) is 0 Å². The van der Waals surface area contributed by atoms with E-state index in [-0.39, 0.29) is 24.7 Å². The number of aliphatic carboxylic acids is 1. The van der Waals surface area contributed by atoms with E-state index in [0.717, 1.165) is 0 Å². The summed E-state index contributed by atoms with van der Waals surface area (Å²) < 4.78 is 0. The Balaban J connectivity index is 4.62. The van der Waals surface area contributed by atoms with Crippen molar-refractivity contribution < 1.29 is 29.4 Å². The lowest BCUT2D eigenvalue weighted by Gasteiger charge is -2.22. The maximum absolute atomic E-state index is 12.2. The average Bonchev–Trinajstić information content (AvgIpc) is 2.64. The quantitative estimate of drug-likeness (QED) is 0.0590. The van der Waals surface area contributed by atoms with E-state index in [0.29, 0.717) is 6.42 Å². The van der Waals surface area contributed by atoms with Crippen molar-refractivity contribution in [1.82, 2.24) is 16.0 Å². The molecule has 0 aliphatic heterocycles. The van der Waals surface area contributed by atoms with Crippen LogP contribution in [0.15, 0.2) is 4.99 Å². The highest BCUT2D eigenvalue weighted by atomic mass is 32.1. The lowest BCUT2D eigenvalue weighted by molar-refractivity contribution is -0.141. The summed E-state index contributed by atoms with van der Waals surface area (Å²) >= 11 is 3.80. The number of aliphatic hydroxyl groups is 1. The normalized spacial score (nSPS) is 14.6. The van der Waals surface area contributed by atoms with Crippen LogP contribution < -0.4 is 33.2 Å². The number of carbonyl (C=O) groups excluding carboxylic acids is 3. The fourth-order valence-electron chi connectivity index (χ4n) is 2.02. The van der Waals surface area contributed by atoms with Gasteiger partial charge in [-0.2, -0.15) is 12.6 Å². The monoisotopic (exact) mass is 435 g/mol. The Morgan fingerprint density at radius 1 is 1.14 bits per heavy atom. The van der Waals surface area contributed by atoms with Crippen molar-refractivity contribution in [3.8, 4) is 0 Å². The molecule has 0 aromatic heterocycles. The first-order chi connectivity index (χ1) is 13.5. The fraction of sp³-hybridized carbons (Fsp3) is 0.667. The molecule has 4 atom stereocenters. The largest absolute Gasteiger partial charge is 0.480 e. The number of aliphatic hydroxyl groups excluding tert-OH is 1. The van der Waals surface area contributed by atoms with Gasteiger partial charge in [-0.25, -0.2) is 4.79 Å². The number of hydrogen-bond acceptors (Lipinski definition) is 8. The first-order valence-electron chi connectivity index (χ1n) is 8.69. The molecule has 0 aromatic carbocycles. The van der Waals surface area contributed by atoms with Gasteiger partial charge in [0.2, 0.25) is 17.7 Å². The molecular formula is C15H29N7O6S. The molecule has 0 saturated heterocycles. The number of nitrogens with two attached hydrogens (primary N) is 3. The Morgan fingerprint density at radius 3 is 2.24 bits per heavy atom. The fourth-order valence-corrected chi connectivity index (χ4v) is 2.27. The summed E-state index contributed by atoms with van der Waals surface area (Å²) in [5.74, 6) is -3.78. The third-order valence-electron chi connectivity index (χ3n) is 3.61. The molecular weight excluding hydrogens is 406 g/mol. The predicted molar refractivity (Wildman–Crippen MR) is 108 cm³/mol. The van der Waals surface area contributed by atoms with Gasteiger partial charge in [0.1, 0.15) is 12.1 Å². The van der Waals surface area contributed by atoms with E-state index in [9.17, 15) is 24.3 Å². The molecule has 0 rings (SSSR count). The standard InChI is InChI=1S/C15H29N7O6S/c1-7(23)11(22-12(25)8(16)3-2-4-19-15(17)18)13(26)20-5-10(24)21-9(6-29)14(27)28/h7-9,11,23,29H,2-6,16H2,1H3,(H,20,26)(H,21,24)(H,22,25)(H,27,28)(H4,17,18,19). The van der Waals surface area contributed by atoms with E-state index in [4.69, 9.17) is 22.3 Å². The van der Waals surface area contributed by atoms with Gasteiger partial charge < -0.3 is 43.4 Å². The molecule has 3 amide bonds. The molecule has 13 nitrogen and oxygen atoms in total. The van der Waals surface area contributed by atoms with E-state index >= 15 is 0 Å². The number of guanidine groups is 1. The summed E-state index contributed by atoms with van der Waals surface area (Å²) in [5, 5.41) is 25.3. The van der Waals surface area contributed by atoms with Crippen LogP contribution in [0.4, 0.5) is 0 Å². The number of amides is 3. The predicted octanol–water partition coefficient (Wildman–Crippen LogP) is -4.15. The van der Waals surface area contributed by atoms with Crippen LogP contribution in [0.5, 0.6) is 0 Å². The molecule has 0 spiro atoms. The van der Waals surface area contributed by atoms with E-state index in [1.165, 1.54) is 6.92 Å². The molecule has 0 saturated carbocycles. The highest BCUT2D eigenvalue weighted by molar-refractivity contribution is 7.80. The van der Waals surface area contributed by atoms with Crippen LogP contribution in [0.3, 0.4) is 0 Å². The van der Waals surface area contributed by atoms with E-state index in [1.54, 1.807) is 0 Å². The molecule has 0 bridgehead atoms. The van der Waals surface area contributed by atoms with Crippen molar-refractivity contribution >= 4 is 42.3 Å². The minimum Gasteiger partial charge on any atom is -0.480 e. The van der Waals surface area contributed by atoms with Crippen LogP contribution in [-0.2, 0) is 19.2 Å². The zero-order valence-electron chi connectivity index (χ0n) is 16.0. The van der Waals surface area contributed by atoms with Gasteiger partial charge in [-0.3, -0.25) is 19.4 Å². The molecule has 0 aliphatic rings.